The minimum atomic E-state index is -1.12. The smallest absolute Gasteiger partial charge is 0.354 e. The van der Waals surface area contributed by atoms with Crippen LogP contribution in [0.4, 0.5) is 0 Å². The van der Waals surface area contributed by atoms with Crippen molar-refractivity contribution in [2.45, 2.75) is 45.2 Å². The van der Waals surface area contributed by atoms with Crippen LogP contribution in [0.1, 0.15) is 54.1 Å². The molecule has 1 saturated heterocycles. The Hall–Kier alpha value is -1.91. The van der Waals surface area contributed by atoms with Crippen molar-refractivity contribution in [2.75, 3.05) is 0 Å². The molecule has 1 aromatic heterocycles. The van der Waals surface area contributed by atoms with Crippen molar-refractivity contribution in [3.8, 4) is 0 Å². The number of hydrogen-bond donors (Lipinski definition) is 1. The number of aromatic nitrogens is 1. The summed E-state index contributed by atoms with van der Waals surface area (Å²) < 4.78 is 0. The van der Waals surface area contributed by atoms with Gasteiger partial charge < -0.3 is 10.0 Å². The van der Waals surface area contributed by atoms with E-state index in [1.165, 1.54) is 6.07 Å². The van der Waals surface area contributed by atoms with Crippen molar-refractivity contribution in [1.82, 2.24) is 9.88 Å². The van der Waals surface area contributed by atoms with E-state index in [4.69, 9.17) is 5.11 Å². The van der Waals surface area contributed by atoms with E-state index in [2.05, 4.69) is 4.98 Å². The monoisotopic (exact) mass is 262 g/mol. The second-order valence-electron chi connectivity index (χ2n) is 5.05. The van der Waals surface area contributed by atoms with E-state index in [0.29, 0.717) is 0 Å². The first kappa shape index (κ1) is 13.5. The summed E-state index contributed by atoms with van der Waals surface area (Å²) in [6.07, 6.45) is 3.08. The van der Waals surface area contributed by atoms with Crippen LogP contribution in [-0.2, 0) is 0 Å². The number of likely N-dealkylation sites (tertiary alicyclic amines) is 1. The normalized spacial score (nSPS) is 23.2. The first-order valence-corrected chi connectivity index (χ1v) is 6.53. The number of amides is 1. The van der Waals surface area contributed by atoms with Gasteiger partial charge in [0, 0.05) is 12.1 Å². The number of hydrogen-bond acceptors (Lipinski definition) is 3. The van der Waals surface area contributed by atoms with E-state index in [1.807, 2.05) is 18.7 Å². The number of piperidine rings is 1. The molecule has 1 fully saturated rings. The molecule has 102 valence electrons. The van der Waals surface area contributed by atoms with Gasteiger partial charge in [-0.25, -0.2) is 9.78 Å². The molecule has 2 unspecified atom stereocenters. The highest BCUT2D eigenvalue weighted by molar-refractivity contribution is 5.94. The van der Waals surface area contributed by atoms with Crippen molar-refractivity contribution in [1.29, 1.82) is 0 Å². The number of carbonyl (C=O) groups is 2. The molecule has 5 nitrogen and oxygen atoms in total. The zero-order chi connectivity index (χ0) is 14.0. The fourth-order valence-corrected chi connectivity index (χ4v) is 2.63. The predicted molar refractivity (Wildman–Crippen MR) is 70.1 cm³/mol. The van der Waals surface area contributed by atoms with Crippen molar-refractivity contribution in [3.05, 3.63) is 29.6 Å². The molecule has 1 amide bonds. The van der Waals surface area contributed by atoms with Crippen LogP contribution >= 0.6 is 0 Å². The highest BCUT2D eigenvalue weighted by atomic mass is 16.4. The maximum Gasteiger partial charge on any atom is 0.354 e. The molecule has 2 rings (SSSR count). The van der Waals surface area contributed by atoms with E-state index < -0.39 is 5.97 Å². The topological polar surface area (TPSA) is 70.5 Å². The Bertz CT molecular complexity index is 491. The molecule has 0 bridgehead atoms. The largest absolute Gasteiger partial charge is 0.477 e. The molecule has 1 aliphatic rings. The standard InChI is InChI=1S/C14H18N2O3/c1-9-5-3-6-10(2)16(9)13(17)11-7-4-8-12(15-11)14(18)19/h4,7-10H,3,5-6H2,1-2H3,(H,18,19). The van der Waals surface area contributed by atoms with Gasteiger partial charge in [0.1, 0.15) is 11.4 Å². The van der Waals surface area contributed by atoms with E-state index in [-0.39, 0.29) is 29.4 Å². The van der Waals surface area contributed by atoms with E-state index in [0.717, 1.165) is 19.3 Å². The number of rotatable bonds is 2. The van der Waals surface area contributed by atoms with Crippen LogP contribution in [0.5, 0.6) is 0 Å². The molecule has 0 spiro atoms. The molecule has 0 aromatic carbocycles. The van der Waals surface area contributed by atoms with Crippen LogP contribution in [0.25, 0.3) is 0 Å². The van der Waals surface area contributed by atoms with Gasteiger partial charge in [0.05, 0.1) is 0 Å². The molecule has 19 heavy (non-hydrogen) atoms. The number of carboxylic acid groups (broad SMARTS) is 1. The fourth-order valence-electron chi connectivity index (χ4n) is 2.63. The maximum absolute atomic E-state index is 12.5. The van der Waals surface area contributed by atoms with Crippen molar-refractivity contribution >= 4 is 11.9 Å². The third-order valence-corrected chi connectivity index (χ3v) is 3.62. The first-order valence-electron chi connectivity index (χ1n) is 6.53. The molecule has 1 N–H and O–H groups in total. The van der Waals surface area contributed by atoms with Gasteiger partial charge in [-0.3, -0.25) is 4.79 Å². The van der Waals surface area contributed by atoms with Crippen molar-refractivity contribution < 1.29 is 14.7 Å². The Labute approximate surface area is 112 Å². The SMILES string of the molecule is CC1CCCC(C)N1C(=O)c1cccc(C(=O)O)n1. The lowest BCUT2D eigenvalue weighted by molar-refractivity contribution is 0.0504. The molecule has 0 aliphatic carbocycles. The average Bonchev–Trinajstić information content (AvgIpc) is 2.38. The molecule has 5 heteroatoms. The summed E-state index contributed by atoms with van der Waals surface area (Å²) in [5.41, 5.74) is 0.115. The Kier molecular flexibility index (Phi) is 3.83. The highest BCUT2D eigenvalue weighted by Gasteiger charge is 2.30. The zero-order valence-electron chi connectivity index (χ0n) is 11.2. The van der Waals surface area contributed by atoms with Crippen LogP contribution in [0.3, 0.4) is 0 Å². The van der Waals surface area contributed by atoms with E-state index in [9.17, 15) is 9.59 Å². The molecule has 2 heterocycles. The summed E-state index contributed by atoms with van der Waals surface area (Å²) >= 11 is 0. The first-order chi connectivity index (χ1) is 9.00. The Morgan fingerprint density at radius 2 is 1.79 bits per heavy atom. The van der Waals surface area contributed by atoms with Gasteiger partial charge in [-0.1, -0.05) is 6.07 Å². The lowest BCUT2D eigenvalue weighted by Crippen LogP contribution is -2.47. The molecule has 0 saturated carbocycles. The second kappa shape index (κ2) is 5.38. The van der Waals surface area contributed by atoms with Gasteiger partial charge in [-0.2, -0.15) is 0 Å². The summed E-state index contributed by atoms with van der Waals surface area (Å²) in [4.78, 5) is 29.1. The van der Waals surface area contributed by atoms with Crippen LogP contribution in [0.2, 0.25) is 0 Å². The molecule has 0 radical (unpaired) electrons. The van der Waals surface area contributed by atoms with Gasteiger partial charge in [0.15, 0.2) is 0 Å². The van der Waals surface area contributed by atoms with Crippen molar-refractivity contribution in [3.63, 3.8) is 0 Å². The number of carboxylic acids is 1. The number of carbonyl (C=O) groups excluding carboxylic acids is 1. The molecule has 2 atom stereocenters. The van der Waals surface area contributed by atoms with Gasteiger partial charge in [0.2, 0.25) is 0 Å². The number of nitrogens with zero attached hydrogens (tertiary/aromatic N) is 2. The predicted octanol–water partition coefficient (Wildman–Crippen LogP) is 2.18. The average molecular weight is 262 g/mol. The third kappa shape index (κ3) is 2.75. The van der Waals surface area contributed by atoms with E-state index >= 15 is 0 Å². The quantitative estimate of drug-likeness (QED) is 0.886. The van der Waals surface area contributed by atoms with Crippen LogP contribution in [0.15, 0.2) is 18.2 Å². The molecular weight excluding hydrogens is 244 g/mol. The lowest BCUT2D eigenvalue weighted by Gasteiger charge is -2.38. The van der Waals surface area contributed by atoms with Crippen molar-refractivity contribution in [2.24, 2.45) is 0 Å². The van der Waals surface area contributed by atoms with Gasteiger partial charge in [0.25, 0.3) is 5.91 Å². The Balaban J connectivity index is 2.27. The number of pyridine rings is 1. The van der Waals surface area contributed by atoms with Gasteiger partial charge >= 0.3 is 5.97 Å². The summed E-state index contributed by atoms with van der Waals surface area (Å²) in [5, 5.41) is 8.92. The van der Waals surface area contributed by atoms with Gasteiger partial charge in [-0.15, -0.1) is 0 Å². The third-order valence-electron chi connectivity index (χ3n) is 3.62. The molecule has 1 aliphatic heterocycles. The summed E-state index contributed by atoms with van der Waals surface area (Å²) in [5.74, 6) is -1.29. The molecular formula is C14H18N2O3. The minimum absolute atomic E-state index is 0.0943. The summed E-state index contributed by atoms with van der Waals surface area (Å²) in [6, 6.07) is 4.87. The Morgan fingerprint density at radius 1 is 1.21 bits per heavy atom. The fraction of sp³-hybridized carbons (Fsp3) is 0.500. The second-order valence-corrected chi connectivity index (χ2v) is 5.05. The van der Waals surface area contributed by atoms with Gasteiger partial charge in [-0.05, 0) is 45.2 Å². The summed E-state index contributed by atoms with van der Waals surface area (Å²) in [6.45, 7) is 4.04. The zero-order valence-corrected chi connectivity index (χ0v) is 11.2. The van der Waals surface area contributed by atoms with E-state index in [1.54, 1.807) is 12.1 Å². The van der Waals surface area contributed by atoms with Crippen LogP contribution in [-0.4, -0.2) is 39.0 Å². The Morgan fingerprint density at radius 3 is 2.37 bits per heavy atom. The molecule has 1 aromatic rings. The maximum atomic E-state index is 12.5. The minimum Gasteiger partial charge on any atom is -0.477 e. The van der Waals surface area contributed by atoms with Crippen LogP contribution < -0.4 is 0 Å². The summed E-state index contributed by atoms with van der Waals surface area (Å²) in [7, 11) is 0. The van der Waals surface area contributed by atoms with Crippen LogP contribution in [0, 0.1) is 0 Å². The number of aromatic carboxylic acids is 1. The highest BCUT2D eigenvalue weighted by Crippen LogP contribution is 2.24. The lowest BCUT2D eigenvalue weighted by atomic mass is 9.97.